The Hall–Kier alpha value is -0.800. The summed E-state index contributed by atoms with van der Waals surface area (Å²) in [6, 6.07) is 3.89. The van der Waals surface area contributed by atoms with E-state index in [4.69, 9.17) is 13.9 Å². The summed E-state index contributed by atoms with van der Waals surface area (Å²) >= 11 is 0. The van der Waals surface area contributed by atoms with Crippen molar-refractivity contribution < 1.29 is 13.9 Å². The molecule has 0 aromatic carbocycles. The highest BCUT2D eigenvalue weighted by molar-refractivity contribution is 14.0. The van der Waals surface area contributed by atoms with Gasteiger partial charge in [0.05, 0.1) is 19.5 Å². The molecule has 1 fully saturated rings. The van der Waals surface area contributed by atoms with Gasteiger partial charge in [0.1, 0.15) is 5.76 Å². The van der Waals surface area contributed by atoms with Crippen LogP contribution in [-0.2, 0) is 15.9 Å². The number of rotatable bonds is 9. The molecule has 0 radical (unpaired) electrons. The molecule has 132 valence electrons. The van der Waals surface area contributed by atoms with Gasteiger partial charge in [-0.15, -0.1) is 24.0 Å². The van der Waals surface area contributed by atoms with E-state index in [0.29, 0.717) is 12.5 Å². The topological polar surface area (TPSA) is 68.0 Å². The van der Waals surface area contributed by atoms with Gasteiger partial charge in [0.25, 0.3) is 0 Å². The van der Waals surface area contributed by atoms with Crippen LogP contribution in [0.1, 0.15) is 19.1 Å². The lowest BCUT2D eigenvalue weighted by Gasteiger charge is -2.13. The predicted octanol–water partition coefficient (Wildman–Crippen LogP) is 2.05. The molecule has 0 aliphatic carbocycles. The van der Waals surface area contributed by atoms with Gasteiger partial charge in [-0.2, -0.15) is 0 Å². The van der Waals surface area contributed by atoms with E-state index in [1.54, 1.807) is 6.26 Å². The SMILES string of the molecule is CCOCCNC(=NCC1CCOC1)NCCc1ccco1.I. The second-order valence-electron chi connectivity index (χ2n) is 5.30. The van der Waals surface area contributed by atoms with Crippen LogP contribution in [-0.4, -0.2) is 52.0 Å². The van der Waals surface area contributed by atoms with Crippen LogP contribution in [0.15, 0.2) is 27.8 Å². The Balaban J connectivity index is 0.00000264. The van der Waals surface area contributed by atoms with Crippen molar-refractivity contribution in [3.63, 3.8) is 0 Å². The maximum Gasteiger partial charge on any atom is 0.191 e. The van der Waals surface area contributed by atoms with Crippen molar-refractivity contribution in [1.29, 1.82) is 0 Å². The summed E-state index contributed by atoms with van der Waals surface area (Å²) in [5.74, 6) is 2.35. The predicted molar refractivity (Wildman–Crippen MR) is 102 cm³/mol. The Labute approximate surface area is 155 Å². The lowest BCUT2D eigenvalue weighted by Crippen LogP contribution is -2.40. The van der Waals surface area contributed by atoms with E-state index in [-0.39, 0.29) is 24.0 Å². The average molecular weight is 437 g/mol. The van der Waals surface area contributed by atoms with Crippen LogP contribution in [0.3, 0.4) is 0 Å². The van der Waals surface area contributed by atoms with Gasteiger partial charge in [-0.25, -0.2) is 0 Å². The van der Waals surface area contributed by atoms with Crippen molar-refractivity contribution >= 4 is 29.9 Å². The number of halogens is 1. The lowest BCUT2D eigenvalue weighted by atomic mass is 10.1. The normalized spacial score (nSPS) is 17.8. The highest BCUT2D eigenvalue weighted by Crippen LogP contribution is 2.11. The van der Waals surface area contributed by atoms with E-state index in [1.807, 2.05) is 19.1 Å². The third kappa shape index (κ3) is 8.57. The summed E-state index contributed by atoms with van der Waals surface area (Å²) in [5.41, 5.74) is 0. The van der Waals surface area contributed by atoms with Gasteiger partial charge in [-0.3, -0.25) is 4.99 Å². The fourth-order valence-corrected chi connectivity index (χ4v) is 2.27. The van der Waals surface area contributed by atoms with Crippen molar-refractivity contribution in [3.8, 4) is 0 Å². The van der Waals surface area contributed by atoms with E-state index < -0.39 is 0 Å². The van der Waals surface area contributed by atoms with Crippen LogP contribution in [0.2, 0.25) is 0 Å². The standard InChI is InChI=1S/C16H27N3O3.HI/c1-2-20-11-8-18-16(19-12-14-6-10-21-13-14)17-7-5-15-4-3-9-22-15;/h3-4,9,14H,2,5-8,10-13H2,1H3,(H2,17,18,19);1H. The fourth-order valence-electron chi connectivity index (χ4n) is 2.27. The second-order valence-corrected chi connectivity index (χ2v) is 5.30. The third-order valence-electron chi connectivity index (χ3n) is 3.52. The first-order valence-corrected chi connectivity index (χ1v) is 8.08. The lowest BCUT2D eigenvalue weighted by molar-refractivity contribution is 0.152. The fraction of sp³-hybridized carbons (Fsp3) is 0.688. The van der Waals surface area contributed by atoms with Gasteiger partial charge in [0, 0.05) is 45.2 Å². The molecular weight excluding hydrogens is 409 g/mol. The van der Waals surface area contributed by atoms with Crippen LogP contribution in [0.5, 0.6) is 0 Å². The Morgan fingerprint density at radius 2 is 2.26 bits per heavy atom. The highest BCUT2D eigenvalue weighted by Gasteiger charge is 2.15. The quantitative estimate of drug-likeness (QED) is 0.268. The molecule has 1 aromatic rings. The molecule has 1 saturated heterocycles. The zero-order valence-corrected chi connectivity index (χ0v) is 16.1. The molecule has 0 spiro atoms. The molecule has 0 bridgehead atoms. The number of nitrogens with zero attached hydrogens (tertiary/aromatic N) is 1. The summed E-state index contributed by atoms with van der Waals surface area (Å²) in [6.07, 6.45) is 3.64. The van der Waals surface area contributed by atoms with Crippen molar-refractivity contribution in [2.45, 2.75) is 19.8 Å². The van der Waals surface area contributed by atoms with Gasteiger partial charge >= 0.3 is 0 Å². The van der Waals surface area contributed by atoms with Gasteiger partial charge in [-0.05, 0) is 25.5 Å². The smallest absolute Gasteiger partial charge is 0.191 e. The Morgan fingerprint density at radius 1 is 1.39 bits per heavy atom. The van der Waals surface area contributed by atoms with Gasteiger partial charge in [0.2, 0.25) is 0 Å². The molecule has 6 nitrogen and oxygen atoms in total. The maximum absolute atomic E-state index is 5.39. The second kappa shape index (κ2) is 12.6. The molecule has 1 aliphatic heterocycles. The minimum atomic E-state index is 0. The summed E-state index contributed by atoms with van der Waals surface area (Å²) in [4.78, 5) is 4.65. The molecule has 0 amide bonds. The molecule has 1 aliphatic rings. The molecule has 0 saturated carbocycles. The first kappa shape index (κ1) is 20.2. The van der Waals surface area contributed by atoms with Crippen LogP contribution < -0.4 is 10.6 Å². The first-order chi connectivity index (χ1) is 10.9. The average Bonchev–Trinajstić information content (AvgIpc) is 3.21. The van der Waals surface area contributed by atoms with Gasteiger partial charge < -0.3 is 24.5 Å². The van der Waals surface area contributed by atoms with E-state index in [1.165, 1.54) is 0 Å². The minimum Gasteiger partial charge on any atom is -0.469 e. The Kier molecular flexibility index (Phi) is 11.1. The van der Waals surface area contributed by atoms with Gasteiger partial charge in [-0.1, -0.05) is 0 Å². The number of aliphatic imine (C=N–C) groups is 1. The zero-order valence-electron chi connectivity index (χ0n) is 13.8. The molecule has 7 heteroatoms. The summed E-state index contributed by atoms with van der Waals surface area (Å²) in [6.45, 7) is 7.43. The molecule has 1 atom stereocenters. The van der Waals surface area contributed by atoms with Crippen LogP contribution in [0.25, 0.3) is 0 Å². The number of hydrogen-bond donors (Lipinski definition) is 2. The first-order valence-electron chi connectivity index (χ1n) is 8.08. The van der Waals surface area contributed by atoms with Gasteiger partial charge in [0.15, 0.2) is 5.96 Å². The van der Waals surface area contributed by atoms with Crippen molar-refractivity contribution in [2.24, 2.45) is 10.9 Å². The van der Waals surface area contributed by atoms with E-state index >= 15 is 0 Å². The molecular formula is C16H28IN3O3. The molecule has 2 rings (SSSR count). The number of hydrogen-bond acceptors (Lipinski definition) is 4. The number of guanidine groups is 1. The number of nitrogens with one attached hydrogen (secondary N) is 2. The van der Waals surface area contributed by atoms with Crippen LogP contribution >= 0.6 is 24.0 Å². The molecule has 23 heavy (non-hydrogen) atoms. The van der Waals surface area contributed by atoms with Crippen molar-refractivity contribution in [3.05, 3.63) is 24.2 Å². The molecule has 2 heterocycles. The number of furan rings is 1. The highest BCUT2D eigenvalue weighted by atomic mass is 127. The summed E-state index contributed by atoms with van der Waals surface area (Å²) < 4.78 is 16.1. The maximum atomic E-state index is 5.39. The molecule has 1 unspecified atom stereocenters. The van der Waals surface area contributed by atoms with E-state index in [2.05, 4.69) is 15.6 Å². The van der Waals surface area contributed by atoms with Crippen LogP contribution in [0, 0.1) is 5.92 Å². The van der Waals surface area contributed by atoms with Crippen molar-refractivity contribution in [2.75, 3.05) is 46.1 Å². The molecule has 1 aromatic heterocycles. The Morgan fingerprint density at radius 3 is 2.96 bits per heavy atom. The summed E-state index contributed by atoms with van der Waals surface area (Å²) in [7, 11) is 0. The van der Waals surface area contributed by atoms with Crippen LogP contribution in [0.4, 0.5) is 0 Å². The third-order valence-corrected chi connectivity index (χ3v) is 3.52. The largest absolute Gasteiger partial charge is 0.469 e. The van der Waals surface area contributed by atoms with E-state index in [9.17, 15) is 0 Å². The minimum absolute atomic E-state index is 0. The number of ether oxygens (including phenoxy) is 2. The summed E-state index contributed by atoms with van der Waals surface area (Å²) in [5, 5.41) is 6.64. The van der Waals surface area contributed by atoms with Crippen molar-refractivity contribution in [1.82, 2.24) is 10.6 Å². The zero-order chi connectivity index (χ0) is 15.5. The Bertz CT molecular complexity index is 420. The molecule has 2 N–H and O–H groups in total. The van der Waals surface area contributed by atoms with E-state index in [0.717, 1.165) is 64.0 Å². The monoisotopic (exact) mass is 437 g/mol.